The van der Waals surface area contributed by atoms with Crippen molar-refractivity contribution in [2.24, 2.45) is 7.05 Å². The number of anilines is 1. The lowest BCUT2D eigenvalue weighted by Crippen LogP contribution is -2.23. The fraction of sp³-hybridized carbons (Fsp3) is 0.0588. The van der Waals surface area contributed by atoms with Crippen molar-refractivity contribution in [1.29, 1.82) is 0 Å². The van der Waals surface area contributed by atoms with E-state index in [1.807, 2.05) is 29.9 Å². The van der Waals surface area contributed by atoms with Gasteiger partial charge in [0.05, 0.1) is 0 Å². The maximum Gasteiger partial charge on any atom is 0.427 e. The minimum atomic E-state index is -0.720. The van der Waals surface area contributed by atoms with Crippen LogP contribution >= 0.6 is 0 Å². The number of hydrogen-bond donors (Lipinski definition) is 1. The van der Waals surface area contributed by atoms with Crippen LogP contribution in [-0.4, -0.2) is 15.0 Å². The Kier molecular flexibility index (Phi) is 2.68. The maximum absolute atomic E-state index is 12.8. The first-order valence-electron chi connectivity index (χ1n) is 7.05. The average Bonchev–Trinajstić information content (AvgIpc) is 3.06. The van der Waals surface area contributed by atoms with Crippen molar-refractivity contribution in [3.63, 3.8) is 0 Å². The molecule has 4 rings (SSSR count). The molecule has 0 aliphatic rings. The molecular weight excluding hydrogens is 294 g/mol. The summed E-state index contributed by atoms with van der Waals surface area (Å²) in [6.45, 7) is 0. The SMILES string of the molecule is Cn1ccc2ccc(C(=O)n3c(=O)oc4ccc(N)cc43)cc21. The van der Waals surface area contributed by atoms with Crippen molar-refractivity contribution in [1.82, 2.24) is 9.13 Å². The third-order valence-electron chi connectivity index (χ3n) is 3.94. The van der Waals surface area contributed by atoms with Gasteiger partial charge in [0.2, 0.25) is 0 Å². The average molecular weight is 307 g/mol. The third kappa shape index (κ3) is 1.96. The Hall–Kier alpha value is -3.28. The summed E-state index contributed by atoms with van der Waals surface area (Å²) < 4.78 is 8.05. The molecule has 0 amide bonds. The van der Waals surface area contributed by atoms with Crippen LogP contribution in [0.4, 0.5) is 5.69 Å². The van der Waals surface area contributed by atoms with Crippen molar-refractivity contribution < 1.29 is 9.21 Å². The summed E-state index contributed by atoms with van der Waals surface area (Å²) in [5, 5.41) is 1.03. The predicted octanol–water partition coefficient (Wildman–Crippen LogP) is 2.36. The molecule has 0 aliphatic heterocycles. The summed E-state index contributed by atoms with van der Waals surface area (Å²) >= 11 is 0. The molecule has 4 aromatic rings. The highest BCUT2D eigenvalue weighted by molar-refractivity contribution is 6.03. The molecule has 0 unspecified atom stereocenters. The summed E-state index contributed by atoms with van der Waals surface area (Å²) in [4.78, 5) is 24.9. The molecule has 0 radical (unpaired) electrons. The standard InChI is InChI=1S/C17H13N3O3/c1-19-7-6-10-2-3-11(8-13(10)19)16(21)20-14-9-12(18)4-5-15(14)23-17(20)22/h2-9H,18H2,1H3. The van der Waals surface area contributed by atoms with E-state index in [-0.39, 0.29) is 0 Å². The minimum absolute atomic E-state index is 0.331. The molecule has 2 aromatic carbocycles. The molecule has 0 saturated carbocycles. The van der Waals surface area contributed by atoms with E-state index < -0.39 is 11.7 Å². The Labute approximate surface area is 130 Å². The van der Waals surface area contributed by atoms with Crippen LogP contribution in [-0.2, 0) is 7.05 Å². The number of fused-ring (bicyclic) bond motifs is 2. The van der Waals surface area contributed by atoms with Gasteiger partial charge in [0, 0.05) is 30.0 Å². The lowest BCUT2D eigenvalue weighted by Gasteiger charge is -2.03. The Balaban J connectivity index is 1.94. The number of rotatable bonds is 1. The van der Waals surface area contributed by atoms with E-state index >= 15 is 0 Å². The highest BCUT2D eigenvalue weighted by Crippen LogP contribution is 2.20. The van der Waals surface area contributed by atoms with E-state index in [0.717, 1.165) is 15.5 Å². The largest absolute Gasteiger partial charge is 0.427 e. The summed E-state index contributed by atoms with van der Waals surface area (Å²) in [6, 6.07) is 12.0. The van der Waals surface area contributed by atoms with Crippen LogP contribution in [0.3, 0.4) is 0 Å². The molecule has 0 fully saturated rings. The highest BCUT2D eigenvalue weighted by Gasteiger charge is 2.18. The minimum Gasteiger partial charge on any atom is -0.407 e. The normalized spacial score (nSPS) is 11.3. The van der Waals surface area contributed by atoms with Crippen LogP contribution in [0, 0.1) is 0 Å². The topological polar surface area (TPSA) is 83.2 Å². The van der Waals surface area contributed by atoms with E-state index in [2.05, 4.69) is 0 Å². The number of aryl methyl sites for hydroxylation is 1. The number of carbonyl (C=O) groups is 1. The Bertz CT molecular complexity index is 1130. The highest BCUT2D eigenvalue weighted by atomic mass is 16.4. The van der Waals surface area contributed by atoms with E-state index in [4.69, 9.17) is 10.2 Å². The Morgan fingerprint density at radius 1 is 1.09 bits per heavy atom. The smallest absolute Gasteiger partial charge is 0.407 e. The van der Waals surface area contributed by atoms with Crippen LogP contribution in [0.25, 0.3) is 22.0 Å². The van der Waals surface area contributed by atoms with Gasteiger partial charge in [-0.15, -0.1) is 0 Å². The van der Waals surface area contributed by atoms with Crippen LogP contribution in [0.1, 0.15) is 10.4 Å². The number of nitrogens with two attached hydrogens (primary N) is 1. The summed E-state index contributed by atoms with van der Waals surface area (Å²) in [5.74, 6) is -1.16. The van der Waals surface area contributed by atoms with Gasteiger partial charge in [-0.3, -0.25) is 4.79 Å². The van der Waals surface area contributed by atoms with E-state index in [1.54, 1.807) is 30.3 Å². The van der Waals surface area contributed by atoms with Crippen molar-refractivity contribution in [2.45, 2.75) is 0 Å². The lowest BCUT2D eigenvalue weighted by atomic mass is 10.1. The lowest BCUT2D eigenvalue weighted by molar-refractivity contribution is 0.0956. The van der Waals surface area contributed by atoms with Gasteiger partial charge < -0.3 is 14.7 Å². The number of nitrogen functional groups attached to an aromatic ring is 1. The second-order valence-electron chi connectivity index (χ2n) is 5.44. The first-order valence-corrected chi connectivity index (χ1v) is 7.05. The molecule has 23 heavy (non-hydrogen) atoms. The van der Waals surface area contributed by atoms with Gasteiger partial charge in [0.25, 0.3) is 5.91 Å². The molecule has 0 saturated heterocycles. The molecule has 2 heterocycles. The van der Waals surface area contributed by atoms with Crippen molar-refractivity contribution in [3.8, 4) is 0 Å². The maximum atomic E-state index is 12.8. The monoisotopic (exact) mass is 307 g/mol. The first kappa shape index (κ1) is 13.4. The number of benzene rings is 2. The van der Waals surface area contributed by atoms with Gasteiger partial charge in [-0.1, -0.05) is 6.07 Å². The van der Waals surface area contributed by atoms with Gasteiger partial charge in [-0.2, -0.15) is 0 Å². The quantitative estimate of drug-likeness (QED) is 0.547. The molecule has 2 N–H and O–H groups in total. The Morgan fingerprint density at radius 3 is 2.74 bits per heavy atom. The molecule has 6 nitrogen and oxygen atoms in total. The number of nitrogens with zero attached hydrogens (tertiary/aromatic N) is 2. The van der Waals surface area contributed by atoms with E-state index in [1.165, 1.54) is 0 Å². The number of aromatic nitrogens is 2. The molecule has 6 heteroatoms. The first-order chi connectivity index (χ1) is 11.0. The Morgan fingerprint density at radius 2 is 1.91 bits per heavy atom. The molecule has 2 aromatic heterocycles. The van der Waals surface area contributed by atoms with Crippen LogP contribution in [0.5, 0.6) is 0 Å². The second kappa shape index (κ2) is 4.61. The van der Waals surface area contributed by atoms with Gasteiger partial charge >= 0.3 is 5.76 Å². The second-order valence-corrected chi connectivity index (χ2v) is 5.44. The number of hydrogen-bond acceptors (Lipinski definition) is 4. The zero-order valence-electron chi connectivity index (χ0n) is 12.3. The van der Waals surface area contributed by atoms with Crippen LogP contribution in [0.15, 0.2) is 57.9 Å². The van der Waals surface area contributed by atoms with Crippen LogP contribution < -0.4 is 11.5 Å². The fourth-order valence-electron chi connectivity index (χ4n) is 2.75. The van der Waals surface area contributed by atoms with Crippen LogP contribution in [0.2, 0.25) is 0 Å². The zero-order valence-corrected chi connectivity index (χ0v) is 12.3. The number of oxazole rings is 1. The van der Waals surface area contributed by atoms with Gasteiger partial charge in [0.1, 0.15) is 5.52 Å². The van der Waals surface area contributed by atoms with Crippen molar-refractivity contribution in [2.75, 3.05) is 5.73 Å². The third-order valence-corrected chi connectivity index (χ3v) is 3.94. The van der Waals surface area contributed by atoms with Gasteiger partial charge in [-0.05, 0) is 41.8 Å². The zero-order chi connectivity index (χ0) is 16.1. The molecule has 114 valence electrons. The molecule has 0 aliphatic carbocycles. The van der Waals surface area contributed by atoms with E-state index in [9.17, 15) is 9.59 Å². The van der Waals surface area contributed by atoms with E-state index in [0.29, 0.717) is 22.4 Å². The summed E-state index contributed by atoms with van der Waals surface area (Å²) in [6.07, 6.45) is 1.92. The van der Waals surface area contributed by atoms with Gasteiger partial charge in [0.15, 0.2) is 5.58 Å². The summed E-state index contributed by atoms with van der Waals surface area (Å²) in [5.41, 5.74) is 8.23. The molecule has 0 spiro atoms. The van der Waals surface area contributed by atoms with Gasteiger partial charge in [-0.25, -0.2) is 9.36 Å². The summed E-state index contributed by atoms with van der Waals surface area (Å²) in [7, 11) is 1.90. The molecule has 0 bridgehead atoms. The van der Waals surface area contributed by atoms with Crippen molar-refractivity contribution >= 4 is 33.6 Å². The predicted molar refractivity (Wildman–Crippen MR) is 87.5 cm³/mol. The molecule has 0 atom stereocenters. The molecular formula is C17H13N3O3. The fourth-order valence-corrected chi connectivity index (χ4v) is 2.75. The number of carbonyl (C=O) groups excluding carboxylic acids is 1. The van der Waals surface area contributed by atoms with Crippen molar-refractivity contribution in [3.05, 3.63) is 64.8 Å².